The fourth-order valence-corrected chi connectivity index (χ4v) is 2.52. The molecule has 0 spiro atoms. The molecule has 2 aromatic carbocycles. The number of carbonyl (C=O) groups is 3. The monoisotopic (exact) mass is 454 g/mol. The summed E-state index contributed by atoms with van der Waals surface area (Å²) in [5, 5.41) is 5.14. The number of nitrogens with one attached hydrogen (secondary N) is 2. The maximum Gasteiger partial charge on any atom is 0.412 e. The molecule has 176 valence electrons. The molecule has 8 heteroatoms. The molecular weight excluding hydrogens is 424 g/mol. The van der Waals surface area contributed by atoms with Crippen molar-refractivity contribution in [1.82, 2.24) is 0 Å². The number of hydrogen-bond donors (Lipinski definition) is 2. The van der Waals surface area contributed by atoms with Gasteiger partial charge >= 0.3 is 18.2 Å². The molecule has 0 aliphatic heterocycles. The van der Waals surface area contributed by atoms with Crippen molar-refractivity contribution in [2.24, 2.45) is 0 Å². The molecular formula is C25H30N2O6. The van der Waals surface area contributed by atoms with Gasteiger partial charge in [0.05, 0.1) is 0 Å². The fraction of sp³-hybridized carbons (Fsp3) is 0.320. The Balaban J connectivity index is 2.22. The lowest BCUT2D eigenvalue weighted by Gasteiger charge is -2.21. The van der Waals surface area contributed by atoms with Crippen LogP contribution < -0.4 is 15.4 Å². The van der Waals surface area contributed by atoms with Crippen LogP contribution in [0.15, 0.2) is 54.6 Å². The van der Waals surface area contributed by atoms with Crippen molar-refractivity contribution in [3.8, 4) is 5.75 Å². The van der Waals surface area contributed by atoms with E-state index in [9.17, 15) is 14.4 Å². The zero-order valence-electron chi connectivity index (χ0n) is 19.7. The largest absolute Gasteiger partial charge is 0.444 e. The van der Waals surface area contributed by atoms with Gasteiger partial charge in [0.25, 0.3) is 0 Å². The number of carbonyl (C=O) groups excluding carboxylic acids is 3. The van der Waals surface area contributed by atoms with Crippen LogP contribution >= 0.6 is 0 Å². The van der Waals surface area contributed by atoms with E-state index in [0.29, 0.717) is 0 Å². The van der Waals surface area contributed by atoms with E-state index < -0.39 is 29.4 Å². The highest BCUT2D eigenvalue weighted by atomic mass is 16.6. The Labute approximate surface area is 193 Å². The first-order chi connectivity index (χ1) is 15.3. The summed E-state index contributed by atoms with van der Waals surface area (Å²) in [6.45, 7) is 10.4. The van der Waals surface area contributed by atoms with Crippen LogP contribution in [0.4, 0.5) is 21.0 Å². The lowest BCUT2D eigenvalue weighted by atomic mass is 10.2. The first kappa shape index (κ1) is 25.5. The number of esters is 1. The zero-order valence-corrected chi connectivity index (χ0v) is 19.7. The van der Waals surface area contributed by atoms with Crippen LogP contribution in [0.25, 0.3) is 6.08 Å². The second-order valence-corrected chi connectivity index (χ2v) is 9.16. The smallest absolute Gasteiger partial charge is 0.412 e. The van der Waals surface area contributed by atoms with Gasteiger partial charge < -0.3 is 14.2 Å². The molecule has 2 aromatic rings. The summed E-state index contributed by atoms with van der Waals surface area (Å²) in [5.74, 6) is -0.520. The second kappa shape index (κ2) is 10.7. The topological polar surface area (TPSA) is 103 Å². The summed E-state index contributed by atoms with van der Waals surface area (Å²) < 4.78 is 15.9. The van der Waals surface area contributed by atoms with Crippen LogP contribution in [0.1, 0.15) is 47.1 Å². The molecule has 2 amide bonds. The average molecular weight is 455 g/mol. The van der Waals surface area contributed by atoms with E-state index in [1.165, 1.54) is 24.3 Å². The zero-order chi connectivity index (χ0) is 24.6. The van der Waals surface area contributed by atoms with Crippen LogP contribution in [-0.2, 0) is 14.3 Å². The van der Waals surface area contributed by atoms with Crippen LogP contribution in [0.2, 0.25) is 0 Å². The molecule has 0 heterocycles. The Hall–Kier alpha value is -3.81. The van der Waals surface area contributed by atoms with Crippen LogP contribution in [-0.4, -0.2) is 29.4 Å². The predicted molar refractivity (Wildman–Crippen MR) is 127 cm³/mol. The number of benzene rings is 2. The van der Waals surface area contributed by atoms with Crippen molar-refractivity contribution in [3.05, 3.63) is 60.2 Å². The SMILES string of the molecule is CC(C)(C)OC(=O)Nc1cc(NC(=O)OC(C)(C)C)cc(OC(=O)/C=C/c2ccccc2)c1. The Morgan fingerprint density at radius 1 is 0.758 bits per heavy atom. The highest BCUT2D eigenvalue weighted by Crippen LogP contribution is 2.26. The summed E-state index contributed by atoms with van der Waals surface area (Å²) >= 11 is 0. The predicted octanol–water partition coefficient (Wildman–Crippen LogP) is 6.00. The second-order valence-electron chi connectivity index (χ2n) is 9.16. The fourth-order valence-electron chi connectivity index (χ4n) is 2.52. The number of amides is 2. The van der Waals surface area contributed by atoms with Gasteiger partial charge in [0.15, 0.2) is 0 Å². The molecule has 0 fully saturated rings. The van der Waals surface area contributed by atoms with E-state index in [2.05, 4.69) is 10.6 Å². The third kappa shape index (κ3) is 10.4. The minimum absolute atomic E-state index is 0.109. The Kier molecular flexibility index (Phi) is 8.23. The van der Waals surface area contributed by atoms with Crippen LogP contribution in [0, 0.1) is 0 Å². The van der Waals surface area contributed by atoms with Crippen molar-refractivity contribution in [2.45, 2.75) is 52.7 Å². The molecule has 0 atom stereocenters. The molecule has 0 aliphatic rings. The summed E-state index contributed by atoms with van der Waals surface area (Å²) in [7, 11) is 0. The van der Waals surface area contributed by atoms with Gasteiger partial charge in [-0.05, 0) is 59.2 Å². The average Bonchev–Trinajstić information content (AvgIpc) is 2.63. The number of hydrogen-bond acceptors (Lipinski definition) is 6. The quantitative estimate of drug-likeness (QED) is 0.326. The summed E-state index contributed by atoms with van der Waals surface area (Å²) in [4.78, 5) is 36.7. The first-order valence-electron chi connectivity index (χ1n) is 10.4. The molecule has 0 bridgehead atoms. The van der Waals surface area contributed by atoms with Gasteiger partial charge in [0.2, 0.25) is 0 Å². The van der Waals surface area contributed by atoms with E-state index in [1.54, 1.807) is 47.6 Å². The van der Waals surface area contributed by atoms with Crippen LogP contribution in [0.5, 0.6) is 5.75 Å². The molecule has 0 unspecified atom stereocenters. The van der Waals surface area contributed by atoms with Crippen molar-refractivity contribution in [1.29, 1.82) is 0 Å². The van der Waals surface area contributed by atoms with Crippen molar-refractivity contribution in [3.63, 3.8) is 0 Å². The first-order valence-corrected chi connectivity index (χ1v) is 10.4. The van der Waals surface area contributed by atoms with Gasteiger partial charge in [0.1, 0.15) is 17.0 Å². The Bertz CT molecular complexity index is 969. The van der Waals surface area contributed by atoms with Crippen molar-refractivity contribution >= 4 is 35.6 Å². The summed E-state index contributed by atoms with van der Waals surface area (Å²) in [5.41, 5.74) is -0.0514. The third-order valence-electron chi connectivity index (χ3n) is 3.63. The molecule has 2 N–H and O–H groups in total. The minimum Gasteiger partial charge on any atom is -0.444 e. The molecule has 33 heavy (non-hydrogen) atoms. The third-order valence-corrected chi connectivity index (χ3v) is 3.63. The van der Waals surface area contributed by atoms with E-state index in [1.807, 2.05) is 30.3 Å². The lowest BCUT2D eigenvalue weighted by molar-refractivity contribution is -0.128. The maximum absolute atomic E-state index is 12.3. The molecule has 0 aromatic heterocycles. The number of rotatable bonds is 5. The normalized spacial score (nSPS) is 11.6. The standard InChI is InChI=1S/C25H30N2O6/c1-24(2,3)32-22(29)26-18-14-19(27-23(30)33-25(4,5)6)16-20(15-18)31-21(28)13-12-17-10-8-7-9-11-17/h7-16H,1-6H3,(H,26,29)(H,27,30)/b13-12+. The highest BCUT2D eigenvalue weighted by molar-refractivity contribution is 5.92. The van der Waals surface area contributed by atoms with Gasteiger partial charge in [-0.2, -0.15) is 0 Å². The lowest BCUT2D eigenvalue weighted by Crippen LogP contribution is -2.28. The molecule has 0 aliphatic carbocycles. The molecule has 0 radical (unpaired) electrons. The van der Waals surface area contributed by atoms with E-state index in [0.717, 1.165) is 5.56 Å². The molecule has 8 nitrogen and oxygen atoms in total. The van der Waals surface area contributed by atoms with E-state index in [4.69, 9.17) is 14.2 Å². The van der Waals surface area contributed by atoms with E-state index in [-0.39, 0.29) is 17.1 Å². The van der Waals surface area contributed by atoms with Gasteiger partial charge in [-0.1, -0.05) is 30.3 Å². The van der Waals surface area contributed by atoms with Gasteiger partial charge in [0, 0.05) is 29.6 Å². The van der Waals surface area contributed by atoms with Crippen LogP contribution in [0.3, 0.4) is 0 Å². The number of anilines is 2. The van der Waals surface area contributed by atoms with Gasteiger partial charge in [-0.3, -0.25) is 10.6 Å². The Morgan fingerprint density at radius 3 is 1.70 bits per heavy atom. The van der Waals surface area contributed by atoms with E-state index >= 15 is 0 Å². The highest BCUT2D eigenvalue weighted by Gasteiger charge is 2.19. The van der Waals surface area contributed by atoms with Crippen molar-refractivity contribution < 1.29 is 28.6 Å². The summed E-state index contributed by atoms with van der Waals surface area (Å²) in [6, 6.07) is 13.6. The molecule has 2 rings (SSSR count). The van der Waals surface area contributed by atoms with Gasteiger partial charge in [-0.25, -0.2) is 14.4 Å². The maximum atomic E-state index is 12.3. The van der Waals surface area contributed by atoms with Crippen molar-refractivity contribution in [2.75, 3.05) is 10.6 Å². The number of ether oxygens (including phenoxy) is 3. The minimum atomic E-state index is -0.700. The molecule has 0 saturated carbocycles. The Morgan fingerprint density at radius 2 is 1.24 bits per heavy atom. The van der Waals surface area contributed by atoms with Gasteiger partial charge in [-0.15, -0.1) is 0 Å². The molecule has 0 saturated heterocycles. The summed E-state index contributed by atoms with van der Waals surface area (Å²) in [6.07, 6.45) is 1.51.